The standard InChI is InChI=1S/C16H18ClNO2/c1-2-16(8-4-9-16)18-15(20)13-7-6-12(5-3-10-19)14(17)11-13/h6-7,11,19H,2,4,8-10H2,1H3,(H,18,20). The first kappa shape index (κ1) is 14.9. The average Bonchev–Trinajstić information content (AvgIpc) is 2.41. The number of hydrogen-bond donors (Lipinski definition) is 2. The van der Waals surface area contributed by atoms with E-state index >= 15 is 0 Å². The fourth-order valence-electron chi connectivity index (χ4n) is 2.38. The zero-order chi connectivity index (χ0) is 14.6. The van der Waals surface area contributed by atoms with Crippen molar-refractivity contribution in [3.63, 3.8) is 0 Å². The van der Waals surface area contributed by atoms with Crippen LogP contribution in [0.1, 0.15) is 48.5 Å². The number of benzene rings is 1. The fourth-order valence-corrected chi connectivity index (χ4v) is 2.60. The number of hydrogen-bond acceptors (Lipinski definition) is 2. The lowest BCUT2D eigenvalue weighted by Gasteiger charge is -2.42. The summed E-state index contributed by atoms with van der Waals surface area (Å²) in [6, 6.07) is 5.05. The predicted octanol–water partition coefficient (Wildman–Crippen LogP) is 2.75. The van der Waals surface area contributed by atoms with Crippen LogP contribution in [0.4, 0.5) is 0 Å². The van der Waals surface area contributed by atoms with Gasteiger partial charge in [0, 0.05) is 16.7 Å². The van der Waals surface area contributed by atoms with Crippen molar-refractivity contribution in [1.29, 1.82) is 0 Å². The van der Waals surface area contributed by atoms with Crippen LogP contribution in [0.2, 0.25) is 5.02 Å². The van der Waals surface area contributed by atoms with Crippen LogP contribution in [0.25, 0.3) is 0 Å². The number of rotatable bonds is 3. The Morgan fingerprint density at radius 3 is 2.75 bits per heavy atom. The molecule has 2 rings (SSSR count). The van der Waals surface area contributed by atoms with Crippen LogP contribution in [0, 0.1) is 11.8 Å². The van der Waals surface area contributed by atoms with Gasteiger partial charge in [-0.2, -0.15) is 0 Å². The molecule has 1 aromatic rings. The van der Waals surface area contributed by atoms with Crippen molar-refractivity contribution in [2.45, 2.75) is 38.1 Å². The molecule has 1 saturated carbocycles. The highest BCUT2D eigenvalue weighted by atomic mass is 35.5. The third kappa shape index (κ3) is 3.15. The van der Waals surface area contributed by atoms with Crippen LogP contribution in [-0.2, 0) is 0 Å². The molecule has 0 bridgehead atoms. The van der Waals surface area contributed by atoms with Gasteiger partial charge >= 0.3 is 0 Å². The number of carbonyl (C=O) groups is 1. The van der Waals surface area contributed by atoms with E-state index in [0.717, 1.165) is 19.3 Å². The summed E-state index contributed by atoms with van der Waals surface area (Å²) in [6.45, 7) is 1.89. The predicted molar refractivity (Wildman–Crippen MR) is 79.8 cm³/mol. The monoisotopic (exact) mass is 291 g/mol. The van der Waals surface area contributed by atoms with Gasteiger partial charge in [-0.3, -0.25) is 4.79 Å². The number of aliphatic hydroxyl groups excluding tert-OH is 1. The van der Waals surface area contributed by atoms with E-state index in [-0.39, 0.29) is 18.1 Å². The number of nitrogens with one attached hydrogen (secondary N) is 1. The molecule has 4 heteroatoms. The molecule has 1 amide bonds. The SMILES string of the molecule is CCC1(NC(=O)c2ccc(C#CCO)c(Cl)c2)CCC1. The van der Waals surface area contributed by atoms with Crippen molar-refractivity contribution in [3.05, 3.63) is 34.3 Å². The van der Waals surface area contributed by atoms with Crippen LogP contribution in [-0.4, -0.2) is 23.2 Å². The van der Waals surface area contributed by atoms with Gasteiger partial charge in [0.2, 0.25) is 0 Å². The zero-order valence-electron chi connectivity index (χ0n) is 11.5. The van der Waals surface area contributed by atoms with Crippen LogP contribution in [0.5, 0.6) is 0 Å². The molecule has 20 heavy (non-hydrogen) atoms. The zero-order valence-corrected chi connectivity index (χ0v) is 12.3. The second-order valence-corrected chi connectivity index (χ2v) is 5.50. The van der Waals surface area contributed by atoms with Crippen molar-refractivity contribution in [3.8, 4) is 11.8 Å². The fraction of sp³-hybridized carbons (Fsp3) is 0.438. The molecule has 0 unspecified atom stereocenters. The largest absolute Gasteiger partial charge is 0.384 e. The van der Waals surface area contributed by atoms with Crippen LogP contribution in [0.3, 0.4) is 0 Å². The highest BCUT2D eigenvalue weighted by Crippen LogP contribution is 2.34. The van der Waals surface area contributed by atoms with Gasteiger partial charge in [0.1, 0.15) is 6.61 Å². The highest BCUT2D eigenvalue weighted by molar-refractivity contribution is 6.32. The lowest BCUT2D eigenvalue weighted by molar-refractivity contribution is 0.0820. The third-order valence-corrected chi connectivity index (χ3v) is 4.21. The van der Waals surface area contributed by atoms with Gasteiger partial charge in [-0.05, 0) is 43.9 Å². The Morgan fingerprint density at radius 1 is 1.50 bits per heavy atom. The van der Waals surface area contributed by atoms with Gasteiger partial charge in [0.15, 0.2) is 0 Å². The molecule has 1 fully saturated rings. The lowest BCUT2D eigenvalue weighted by atomic mass is 9.74. The van der Waals surface area contributed by atoms with Crippen molar-refractivity contribution >= 4 is 17.5 Å². The first-order valence-electron chi connectivity index (χ1n) is 6.82. The van der Waals surface area contributed by atoms with Gasteiger partial charge in [-0.15, -0.1) is 0 Å². The molecular formula is C16H18ClNO2. The Bertz CT molecular complexity index is 562. The van der Waals surface area contributed by atoms with E-state index in [1.54, 1.807) is 18.2 Å². The third-order valence-electron chi connectivity index (χ3n) is 3.90. The lowest BCUT2D eigenvalue weighted by Crippen LogP contribution is -2.52. The van der Waals surface area contributed by atoms with Gasteiger partial charge in [-0.1, -0.05) is 30.4 Å². The molecule has 0 atom stereocenters. The molecular weight excluding hydrogens is 274 g/mol. The summed E-state index contributed by atoms with van der Waals surface area (Å²) in [5, 5.41) is 12.2. The van der Waals surface area contributed by atoms with E-state index in [9.17, 15) is 4.79 Å². The van der Waals surface area contributed by atoms with E-state index in [0.29, 0.717) is 16.1 Å². The minimum Gasteiger partial charge on any atom is -0.384 e. The normalized spacial score (nSPS) is 15.8. The topological polar surface area (TPSA) is 49.3 Å². The second kappa shape index (κ2) is 6.30. The summed E-state index contributed by atoms with van der Waals surface area (Å²) < 4.78 is 0. The number of aliphatic hydroxyl groups is 1. The molecule has 2 N–H and O–H groups in total. The molecule has 1 aromatic carbocycles. The number of amides is 1. The second-order valence-electron chi connectivity index (χ2n) is 5.10. The Kier molecular flexibility index (Phi) is 4.69. The minimum absolute atomic E-state index is 0.0288. The molecule has 0 saturated heterocycles. The van der Waals surface area contributed by atoms with E-state index in [1.807, 2.05) is 0 Å². The van der Waals surface area contributed by atoms with Crippen LogP contribution in [0.15, 0.2) is 18.2 Å². The molecule has 106 valence electrons. The molecule has 0 spiro atoms. The summed E-state index contributed by atoms with van der Waals surface area (Å²) >= 11 is 6.10. The van der Waals surface area contributed by atoms with Gasteiger partial charge in [0.05, 0.1) is 5.02 Å². The van der Waals surface area contributed by atoms with E-state index < -0.39 is 0 Å². The maximum atomic E-state index is 12.2. The first-order valence-corrected chi connectivity index (χ1v) is 7.20. The Balaban J connectivity index is 2.13. The molecule has 0 aromatic heterocycles. The maximum Gasteiger partial charge on any atom is 0.251 e. The van der Waals surface area contributed by atoms with E-state index in [1.165, 1.54) is 6.42 Å². The molecule has 1 aliphatic carbocycles. The molecule has 0 radical (unpaired) electrons. The molecule has 3 nitrogen and oxygen atoms in total. The number of halogens is 1. The van der Waals surface area contributed by atoms with E-state index in [4.69, 9.17) is 16.7 Å². The summed E-state index contributed by atoms with van der Waals surface area (Å²) in [5.74, 6) is 5.20. The summed E-state index contributed by atoms with van der Waals surface area (Å²) in [5.41, 5.74) is 1.13. The summed E-state index contributed by atoms with van der Waals surface area (Å²) in [6.07, 6.45) is 4.21. The smallest absolute Gasteiger partial charge is 0.251 e. The summed E-state index contributed by atoms with van der Waals surface area (Å²) in [4.78, 5) is 12.2. The maximum absolute atomic E-state index is 12.2. The van der Waals surface area contributed by atoms with Crippen LogP contribution >= 0.6 is 11.6 Å². The Labute approximate surface area is 124 Å². The van der Waals surface area contributed by atoms with Gasteiger partial charge < -0.3 is 10.4 Å². The van der Waals surface area contributed by atoms with Crippen molar-refractivity contribution in [2.24, 2.45) is 0 Å². The molecule has 0 aliphatic heterocycles. The Hall–Kier alpha value is -1.50. The van der Waals surface area contributed by atoms with Crippen molar-refractivity contribution in [1.82, 2.24) is 5.32 Å². The quantitative estimate of drug-likeness (QED) is 0.841. The molecule has 1 aliphatic rings. The first-order chi connectivity index (χ1) is 9.60. The van der Waals surface area contributed by atoms with Gasteiger partial charge in [0.25, 0.3) is 5.91 Å². The van der Waals surface area contributed by atoms with Crippen molar-refractivity contribution < 1.29 is 9.90 Å². The van der Waals surface area contributed by atoms with Crippen molar-refractivity contribution in [2.75, 3.05) is 6.61 Å². The average molecular weight is 292 g/mol. The molecule has 0 heterocycles. The highest BCUT2D eigenvalue weighted by Gasteiger charge is 2.36. The Morgan fingerprint density at radius 2 is 2.25 bits per heavy atom. The summed E-state index contributed by atoms with van der Waals surface area (Å²) in [7, 11) is 0. The van der Waals surface area contributed by atoms with Crippen LogP contribution < -0.4 is 5.32 Å². The number of carbonyl (C=O) groups excluding carboxylic acids is 1. The van der Waals surface area contributed by atoms with Gasteiger partial charge in [-0.25, -0.2) is 0 Å². The van der Waals surface area contributed by atoms with E-state index in [2.05, 4.69) is 24.1 Å². The minimum atomic E-state index is -0.211.